The molecule has 4 rings (SSSR count). The van der Waals surface area contributed by atoms with E-state index in [9.17, 15) is 9.18 Å². The molecule has 3 heterocycles. The topological polar surface area (TPSA) is 78.8 Å². The van der Waals surface area contributed by atoms with E-state index in [1.54, 1.807) is 18.5 Å². The van der Waals surface area contributed by atoms with Crippen molar-refractivity contribution in [2.24, 2.45) is 0 Å². The second-order valence-corrected chi connectivity index (χ2v) is 6.42. The lowest BCUT2D eigenvalue weighted by atomic mass is 10.1. The predicted molar refractivity (Wildman–Crippen MR) is 92.0 cm³/mol. The van der Waals surface area contributed by atoms with Crippen molar-refractivity contribution in [1.82, 2.24) is 24.6 Å². The average Bonchev–Trinajstić information content (AvgIpc) is 3.24. The van der Waals surface area contributed by atoms with Crippen LogP contribution in [0.25, 0.3) is 11.0 Å². The number of aromatic nitrogens is 4. The highest BCUT2D eigenvalue weighted by Crippen LogP contribution is 2.23. The number of rotatable bonds is 3. The number of hydrogen-bond donors (Lipinski definition) is 2. The molecule has 1 aliphatic heterocycles. The zero-order valence-corrected chi connectivity index (χ0v) is 13.9. The molecule has 130 valence electrons. The van der Waals surface area contributed by atoms with Crippen LogP contribution >= 0.6 is 0 Å². The first kappa shape index (κ1) is 15.8. The van der Waals surface area contributed by atoms with Gasteiger partial charge in [0.15, 0.2) is 0 Å². The van der Waals surface area contributed by atoms with Crippen molar-refractivity contribution in [3.63, 3.8) is 0 Å². The van der Waals surface area contributed by atoms with Gasteiger partial charge in [0, 0.05) is 6.20 Å². The zero-order chi connectivity index (χ0) is 17.4. The summed E-state index contributed by atoms with van der Waals surface area (Å²) in [5, 5.41) is 7.08. The molecule has 1 fully saturated rings. The van der Waals surface area contributed by atoms with E-state index in [0.29, 0.717) is 22.8 Å². The highest BCUT2D eigenvalue weighted by atomic mass is 19.1. The molecule has 0 unspecified atom stereocenters. The molecule has 1 saturated heterocycles. The number of nitrogens with one attached hydrogen (secondary N) is 2. The summed E-state index contributed by atoms with van der Waals surface area (Å²) in [6.07, 6.45) is 6.88. The van der Waals surface area contributed by atoms with E-state index in [-0.39, 0.29) is 5.56 Å². The van der Waals surface area contributed by atoms with Gasteiger partial charge in [-0.25, -0.2) is 9.37 Å². The van der Waals surface area contributed by atoms with Crippen LogP contribution in [0.5, 0.6) is 0 Å². The molecular weight excluding hydrogens is 323 g/mol. The summed E-state index contributed by atoms with van der Waals surface area (Å²) in [6, 6.07) is 3.15. The molecule has 1 aromatic carbocycles. The number of benzene rings is 1. The van der Waals surface area contributed by atoms with E-state index in [0.717, 1.165) is 25.9 Å². The molecule has 0 saturated carbocycles. The average molecular weight is 342 g/mol. The van der Waals surface area contributed by atoms with Crippen LogP contribution in [-0.4, -0.2) is 50.7 Å². The zero-order valence-electron chi connectivity index (χ0n) is 13.9. The smallest absolute Gasteiger partial charge is 0.261 e. The molecule has 1 amide bonds. The fraction of sp³-hybridized carbons (Fsp3) is 0.353. The molecule has 7 nitrogen and oxygen atoms in total. The first-order valence-electron chi connectivity index (χ1n) is 8.27. The van der Waals surface area contributed by atoms with Gasteiger partial charge in [-0.05, 0) is 45.1 Å². The van der Waals surface area contributed by atoms with Crippen molar-refractivity contribution in [3.8, 4) is 0 Å². The maximum atomic E-state index is 14.1. The number of anilines is 1. The van der Waals surface area contributed by atoms with Crippen molar-refractivity contribution in [3.05, 3.63) is 42.2 Å². The Morgan fingerprint density at radius 1 is 1.36 bits per heavy atom. The van der Waals surface area contributed by atoms with Crippen LogP contribution in [0.1, 0.15) is 29.2 Å². The number of H-pyrrole nitrogens is 1. The fourth-order valence-electron chi connectivity index (χ4n) is 3.25. The van der Waals surface area contributed by atoms with Crippen molar-refractivity contribution >= 4 is 22.6 Å². The van der Waals surface area contributed by atoms with Gasteiger partial charge in [0.2, 0.25) is 0 Å². The van der Waals surface area contributed by atoms with Crippen LogP contribution in [0, 0.1) is 5.82 Å². The van der Waals surface area contributed by atoms with E-state index in [1.165, 1.54) is 12.4 Å². The second kappa shape index (κ2) is 6.29. The SMILES string of the molecule is CN1CCC(n2cc(NC(=O)c3c(F)ccc4[nH]cnc34)cn2)CC1. The first-order chi connectivity index (χ1) is 12.1. The normalized spacial score (nSPS) is 16.4. The summed E-state index contributed by atoms with van der Waals surface area (Å²) in [4.78, 5) is 21.7. The number of hydrogen-bond acceptors (Lipinski definition) is 4. The molecule has 8 heteroatoms. The standard InChI is InChI=1S/C17H19FN6O/c1-23-6-4-12(5-7-23)24-9-11(8-21-24)22-17(25)15-13(18)2-3-14-16(15)20-10-19-14/h2-3,8-10,12H,4-7H2,1H3,(H,19,20)(H,22,25). The van der Waals surface area contributed by atoms with E-state index < -0.39 is 11.7 Å². The molecule has 2 aromatic heterocycles. The monoisotopic (exact) mass is 342 g/mol. The van der Waals surface area contributed by atoms with Crippen LogP contribution in [-0.2, 0) is 0 Å². The molecule has 2 N–H and O–H groups in total. The van der Waals surface area contributed by atoms with Crippen molar-refractivity contribution in [2.45, 2.75) is 18.9 Å². The Labute approximate surface area is 143 Å². The predicted octanol–water partition coefficient (Wildman–Crippen LogP) is 2.42. The highest BCUT2D eigenvalue weighted by molar-refractivity contribution is 6.11. The van der Waals surface area contributed by atoms with Gasteiger partial charge < -0.3 is 15.2 Å². The second-order valence-electron chi connectivity index (χ2n) is 6.42. The third kappa shape index (κ3) is 3.00. The van der Waals surface area contributed by atoms with Crippen molar-refractivity contribution in [2.75, 3.05) is 25.5 Å². The number of imidazole rings is 1. The maximum absolute atomic E-state index is 14.1. The Bertz CT molecular complexity index is 909. The number of piperidine rings is 1. The van der Waals surface area contributed by atoms with Gasteiger partial charge in [0.1, 0.15) is 16.9 Å². The first-order valence-corrected chi connectivity index (χ1v) is 8.27. The Morgan fingerprint density at radius 2 is 2.16 bits per heavy atom. The van der Waals surface area contributed by atoms with Gasteiger partial charge in [-0.3, -0.25) is 9.48 Å². The van der Waals surface area contributed by atoms with Crippen LogP contribution in [0.3, 0.4) is 0 Å². The molecule has 0 bridgehead atoms. The number of likely N-dealkylation sites (tertiary alicyclic amines) is 1. The minimum Gasteiger partial charge on any atom is -0.345 e. The molecule has 0 aliphatic carbocycles. The third-order valence-electron chi connectivity index (χ3n) is 4.69. The van der Waals surface area contributed by atoms with Crippen LogP contribution in [0.15, 0.2) is 30.9 Å². The quantitative estimate of drug-likeness (QED) is 0.766. The third-order valence-corrected chi connectivity index (χ3v) is 4.69. The number of halogens is 1. The van der Waals surface area contributed by atoms with Crippen molar-refractivity contribution in [1.29, 1.82) is 0 Å². The Balaban J connectivity index is 1.53. The lowest BCUT2D eigenvalue weighted by Gasteiger charge is -2.28. The number of aromatic amines is 1. The Hall–Kier alpha value is -2.74. The van der Waals surface area contributed by atoms with Gasteiger partial charge in [0.25, 0.3) is 5.91 Å². The fourth-order valence-corrected chi connectivity index (χ4v) is 3.25. The minimum absolute atomic E-state index is 0.0641. The summed E-state index contributed by atoms with van der Waals surface area (Å²) >= 11 is 0. The number of nitrogens with zero attached hydrogens (tertiary/aromatic N) is 4. The van der Waals surface area contributed by atoms with Crippen LogP contribution in [0.4, 0.5) is 10.1 Å². The van der Waals surface area contributed by atoms with Crippen LogP contribution in [0.2, 0.25) is 0 Å². The Kier molecular flexibility index (Phi) is 3.96. The summed E-state index contributed by atoms with van der Waals surface area (Å²) in [5.41, 5.74) is 1.43. The van der Waals surface area contributed by atoms with Gasteiger partial charge in [-0.1, -0.05) is 0 Å². The van der Waals surface area contributed by atoms with Crippen LogP contribution < -0.4 is 5.32 Å². The lowest BCUT2D eigenvalue weighted by molar-refractivity contribution is 0.102. The van der Waals surface area contributed by atoms with Gasteiger partial charge in [-0.15, -0.1) is 0 Å². The summed E-state index contributed by atoms with van der Waals surface area (Å²) < 4.78 is 16.0. The van der Waals surface area contributed by atoms with E-state index in [1.807, 2.05) is 4.68 Å². The number of carbonyl (C=O) groups excluding carboxylic acids is 1. The van der Waals surface area contributed by atoms with E-state index >= 15 is 0 Å². The highest BCUT2D eigenvalue weighted by Gasteiger charge is 2.21. The van der Waals surface area contributed by atoms with E-state index in [4.69, 9.17) is 0 Å². The lowest BCUT2D eigenvalue weighted by Crippen LogP contribution is -2.31. The maximum Gasteiger partial charge on any atom is 0.261 e. The molecule has 3 aromatic rings. The summed E-state index contributed by atoms with van der Waals surface area (Å²) in [6.45, 7) is 2.05. The van der Waals surface area contributed by atoms with Gasteiger partial charge in [0.05, 0.1) is 29.8 Å². The number of fused-ring (bicyclic) bond motifs is 1. The van der Waals surface area contributed by atoms with Crippen molar-refractivity contribution < 1.29 is 9.18 Å². The molecule has 0 atom stereocenters. The Morgan fingerprint density at radius 3 is 2.96 bits per heavy atom. The summed E-state index contributed by atoms with van der Waals surface area (Å²) in [5.74, 6) is -1.13. The van der Waals surface area contributed by atoms with E-state index in [2.05, 4.69) is 32.3 Å². The minimum atomic E-state index is -0.597. The molecular formula is C17H19FN6O. The number of carbonyl (C=O) groups is 1. The molecule has 0 radical (unpaired) electrons. The largest absolute Gasteiger partial charge is 0.345 e. The number of amides is 1. The van der Waals surface area contributed by atoms with Gasteiger partial charge in [-0.2, -0.15) is 5.10 Å². The van der Waals surface area contributed by atoms with Gasteiger partial charge >= 0.3 is 0 Å². The molecule has 1 aliphatic rings. The molecule has 25 heavy (non-hydrogen) atoms. The summed E-state index contributed by atoms with van der Waals surface area (Å²) in [7, 11) is 2.11. The molecule has 0 spiro atoms.